The molecule has 0 aliphatic carbocycles. The highest BCUT2D eigenvalue weighted by atomic mass is 16.5. The number of unbranched alkanes of at least 4 members (excludes halogenated alkanes) is 1. The van der Waals surface area contributed by atoms with Crippen LogP contribution in [0.1, 0.15) is 35.9 Å². The van der Waals surface area contributed by atoms with Crippen LogP contribution in [0, 0.1) is 0 Å². The van der Waals surface area contributed by atoms with E-state index in [4.69, 9.17) is 9.15 Å². The van der Waals surface area contributed by atoms with Gasteiger partial charge in [0.15, 0.2) is 0 Å². The van der Waals surface area contributed by atoms with E-state index in [0.717, 1.165) is 24.2 Å². The van der Waals surface area contributed by atoms with Crippen LogP contribution in [0.25, 0.3) is 11.3 Å². The van der Waals surface area contributed by atoms with Crippen LogP contribution in [0.3, 0.4) is 0 Å². The summed E-state index contributed by atoms with van der Waals surface area (Å²) in [4.78, 5) is 12.4. The zero-order valence-corrected chi connectivity index (χ0v) is 14.1. The number of rotatable bonds is 8. The molecule has 0 unspecified atom stereocenters. The summed E-state index contributed by atoms with van der Waals surface area (Å²) in [6.45, 7) is 3.17. The minimum absolute atomic E-state index is 0.205. The number of hydrogen-bond donors (Lipinski definition) is 2. The molecule has 0 bridgehead atoms. The van der Waals surface area contributed by atoms with E-state index in [9.17, 15) is 4.79 Å². The fourth-order valence-corrected chi connectivity index (χ4v) is 2.41. The number of aromatic amines is 1. The quantitative estimate of drug-likeness (QED) is 0.612. The van der Waals surface area contributed by atoms with Gasteiger partial charge in [0, 0.05) is 5.56 Å². The van der Waals surface area contributed by atoms with Crippen LogP contribution < -0.4 is 10.1 Å². The number of H-pyrrole nitrogens is 1. The molecule has 0 aliphatic rings. The van der Waals surface area contributed by atoms with Gasteiger partial charge < -0.3 is 14.5 Å². The first kappa shape index (κ1) is 16.8. The van der Waals surface area contributed by atoms with Gasteiger partial charge in [-0.15, -0.1) is 0 Å². The fourth-order valence-electron chi connectivity index (χ4n) is 2.41. The second-order valence-electron chi connectivity index (χ2n) is 5.65. The van der Waals surface area contributed by atoms with Gasteiger partial charge in [-0.25, -0.2) is 0 Å². The van der Waals surface area contributed by atoms with Crippen molar-refractivity contribution in [2.24, 2.45) is 0 Å². The molecule has 3 rings (SSSR count). The third kappa shape index (κ3) is 4.29. The Labute approximate surface area is 146 Å². The van der Waals surface area contributed by atoms with Crippen molar-refractivity contribution in [3.63, 3.8) is 0 Å². The van der Waals surface area contributed by atoms with Crippen LogP contribution in [-0.2, 0) is 6.54 Å². The van der Waals surface area contributed by atoms with E-state index in [1.54, 1.807) is 12.3 Å². The summed E-state index contributed by atoms with van der Waals surface area (Å²) >= 11 is 0. The number of hydrogen-bond acceptors (Lipinski definition) is 4. The minimum Gasteiger partial charge on any atom is -0.494 e. The summed E-state index contributed by atoms with van der Waals surface area (Å²) in [6, 6.07) is 11.2. The monoisotopic (exact) mass is 339 g/mol. The molecule has 2 heterocycles. The lowest BCUT2D eigenvalue weighted by Crippen LogP contribution is -2.22. The van der Waals surface area contributed by atoms with Crippen molar-refractivity contribution in [2.45, 2.75) is 26.3 Å². The lowest BCUT2D eigenvalue weighted by atomic mass is 10.1. The molecule has 0 saturated heterocycles. The van der Waals surface area contributed by atoms with E-state index in [1.165, 1.54) is 6.20 Å². The highest BCUT2D eigenvalue weighted by Crippen LogP contribution is 2.24. The van der Waals surface area contributed by atoms with Gasteiger partial charge in [-0.05, 0) is 42.8 Å². The summed E-state index contributed by atoms with van der Waals surface area (Å²) < 4.78 is 10.9. The summed E-state index contributed by atoms with van der Waals surface area (Å²) in [5, 5.41) is 9.73. The van der Waals surface area contributed by atoms with Crippen molar-refractivity contribution < 1.29 is 13.9 Å². The maximum absolute atomic E-state index is 12.4. The van der Waals surface area contributed by atoms with E-state index in [1.807, 2.05) is 30.3 Å². The largest absolute Gasteiger partial charge is 0.494 e. The molecule has 0 saturated carbocycles. The van der Waals surface area contributed by atoms with Gasteiger partial charge in [0.2, 0.25) is 0 Å². The average molecular weight is 339 g/mol. The maximum Gasteiger partial charge on any atom is 0.255 e. The van der Waals surface area contributed by atoms with E-state index >= 15 is 0 Å². The number of nitrogens with one attached hydrogen (secondary N) is 2. The normalized spacial score (nSPS) is 10.6. The third-order valence-corrected chi connectivity index (χ3v) is 3.80. The Morgan fingerprint density at radius 1 is 1.28 bits per heavy atom. The minimum atomic E-state index is -0.205. The number of benzene rings is 1. The number of carbonyl (C=O) groups excluding carboxylic acids is 1. The van der Waals surface area contributed by atoms with Gasteiger partial charge in [0.05, 0.1) is 36.9 Å². The Morgan fingerprint density at radius 2 is 2.12 bits per heavy atom. The Morgan fingerprint density at radius 3 is 2.84 bits per heavy atom. The van der Waals surface area contributed by atoms with Crippen molar-refractivity contribution in [3.05, 3.63) is 60.2 Å². The maximum atomic E-state index is 12.4. The first-order valence-electron chi connectivity index (χ1n) is 8.35. The number of amides is 1. The number of nitrogens with zero attached hydrogens (tertiary/aromatic N) is 1. The third-order valence-electron chi connectivity index (χ3n) is 3.80. The topological polar surface area (TPSA) is 80.1 Å². The molecule has 6 heteroatoms. The molecule has 1 amide bonds. The van der Waals surface area contributed by atoms with E-state index in [0.29, 0.717) is 30.2 Å². The summed E-state index contributed by atoms with van der Waals surface area (Å²) in [5.74, 6) is 1.32. The zero-order chi connectivity index (χ0) is 17.5. The van der Waals surface area contributed by atoms with Crippen molar-refractivity contribution in [2.75, 3.05) is 6.61 Å². The molecule has 2 aromatic heterocycles. The summed E-state index contributed by atoms with van der Waals surface area (Å²) in [7, 11) is 0. The number of ether oxygens (including phenoxy) is 1. The molecule has 0 spiro atoms. The molecule has 3 aromatic rings. The first-order chi connectivity index (χ1) is 12.3. The summed E-state index contributed by atoms with van der Waals surface area (Å²) in [5.41, 5.74) is 2.05. The Bertz CT molecular complexity index is 792. The molecule has 25 heavy (non-hydrogen) atoms. The highest BCUT2D eigenvalue weighted by molar-refractivity contribution is 5.99. The molecule has 1 aromatic carbocycles. The van der Waals surface area contributed by atoms with E-state index in [-0.39, 0.29) is 5.91 Å². The van der Waals surface area contributed by atoms with E-state index < -0.39 is 0 Å². The molecule has 0 aliphatic heterocycles. The smallest absolute Gasteiger partial charge is 0.255 e. The molecule has 0 radical (unpaired) electrons. The van der Waals surface area contributed by atoms with Crippen molar-refractivity contribution in [1.29, 1.82) is 0 Å². The second-order valence-corrected chi connectivity index (χ2v) is 5.65. The Balaban J connectivity index is 1.67. The fraction of sp³-hybridized carbons (Fsp3) is 0.263. The molecule has 6 nitrogen and oxygen atoms in total. The van der Waals surface area contributed by atoms with Crippen LogP contribution in [0.2, 0.25) is 0 Å². The molecule has 0 fully saturated rings. The van der Waals surface area contributed by atoms with Crippen molar-refractivity contribution in [3.8, 4) is 17.0 Å². The number of aromatic nitrogens is 2. The SMILES string of the molecule is CCCCOc1ccc(-c2[nH]ncc2C(=O)NCc2ccco2)cc1. The van der Waals surface area contributed by atoms with E-state index in [2.05, 4.69) is 22.4 Å². The second kappa shape index (κ2) is 8.19. The predicted octanol–water partition coefficient (Wildman–Crippen LogP) is 3.78. The van der Waals surface area contributed by atoms with Gasteiger partial charge in [0.25, 0.3) is 5.91 Å². The molecule has 2 N–H and O–H groups in total. The number of carbonyl (C=O) groups is 1. The predicted molar refractivity (Wildman–Crippen MR) is 94.3 cm³/mol. The standard InChI is InChI=1S/C19H21N3O3/c1-2-3-10-24-15-8-6-14(7-9-15)18-17(13-21-22-18)19(23)20-12-16-5-4-11-25-16/h4-9,11,13H,2-3,10,12H2,1H3,(H,20,23)(H,21,22). The number of furan rings is 1. The summed E-state index contributed by atoms with van der Waals surface area (Å²) in [6.07, 6.45) is 5.23. The van der Waals surface area contributed by atoms with Crippen LogP contribution in [0.15, 0.2) is 53.3 Å². The molecular weight excluding hydrogens is 318 g/mol. The van der Waals surface area contributed by atoms with Crippen LogP contribution in [-0.4, -0.2) is 22.7 Å². The Hall–Kier alpha value is -3.02. The van der Waals surface area contributed by atoms with Crippen LogP contribution >= 0.6 is 0 Å². The highest BCUT2D eigenvalue weighted by Gasteiger charge is 2.15. The average Bonchev–Trinajstić information content (AvgIpc) is 3.32. The van der Waals surface area contributed by atoms with Crippen molar-refractivity contribution >= 4 is 5.91 Å². The van der Waals surface area contributed by atoms with Crippen LogP contribution in [0.5, 0.6) is 5.75 Å². The van der Waals surface area contributed by atoms with Gasteiger partial charge in [-0.3, -0.25) is 9.89 Å². The van der Waals surface area contributed by atoms with Crippen molar-refractivity contribution in [1.82, 2.24) is 15.5 Å². The van der Waals surface area contributed by atoms with Gasteiger partial charge in [0.1, 0.15) is 11.5 Å². The lowest BCUT2D eigenvalue weighted by molar-refractivity contribution is 0.0948. The molecule has 0 atom stereocenters. The molecular formula is C19H21N3O3. The molecule has 130 valence electrons. The van der Waals surface area contributed by atoms with Gasteiger partial charge >= 0.3 is 0 Å². The van der Waals surface area contributed by atoms with Crippen LogP contribution in [0.4, 0.5) is 0 Å². The lowest BCUT2D eigenvalue weighted by Gasteiger charge is -2.07. The zero-order valence-electron chi connectivity index (χ0n) is 14.1. The van der Waals surface area contributed by atoms with Gasteiger partial charge in [-0.2, -0.15) is 5.10 Å². The van der Waals surface area contributed by atoms with Gasteiger partial charge in [-0.1, -0.05) is 13.3 Å². The first-order valence-corrected chi connectivity index (χ1v) is 8.35. The Kier molecular flexibility index (Phi) is 5.51.